The van der Waals surface area contributed by atoms with Gasteiger partial charge in [0.05, 0.1) is 5.60 Å². The van der Waals surface area contributed by atoms with Crippen molar-refractivity contribution in [2.75, 3.05) is 6.54 Å². The van der Waals surface area contributed by atoms with Gasteiger partial charge in [0.25, 0.3) is 0 Å². The Bertz CT molecular complexity index is 376. The maximum Gasteiger partial charge on any atom is 0.0752 e. The predicted molar refractivity (Wildman–Crippen MR) is 75.5 cm³/mol. The van der Waals surface area contributed by atoms with Crippen LogP contribution in [0.3, 0.4) is 0 Å². The van der Waals surface area contributed by atoms with Crippen LogP contribution in [0, 0.1) is 13.8 Å². The van der Waals surface area contributed by atoms with Crippen molar-refractivity contribution in [3.8, 4) is 0 Å². The summed E-state index contributed by atoms with van der Waals surface area (Å²) in [5.41, 5.74) is 7.37. The molecule has 2 unspecified atom stereocenters. The summed E-state index contributed by atoms with van der Waals surface area (Å²) in [6.45, 7) is 8.47. The molecule has 0 fully saturated rings. The second kappa shape index (κ2) is 5.89. The highest BCUT2D eigenvalue weighted by Crippen LogP contribution is 2.31. The lowest BCUT2D eigenvalue weighted by Gasteiger charge is -2.25. The zero-order chi connectivity index (χ0) is 13.1. The molecule has 1 aromatic rings. The van der Waals surface area contributed by atoms with Crippen LogP contribution in [0.5, 0.6) is 0 Å². The molecule has 2 nitrogen and oxygen atoms in total. The van der Waals surface area contributed by atoms with E-state index in [2.05, 4.69) is 39.0 Å². The second-order valence-electron chi connectivity index (χ2n) is 5.10. The maximum atomic E-state index is 9.95. The minimum atomic E-state index is -0.759. The summed E-state index contributed by atoms with van der Waals surface area (Å²) in [4.78, 5) is 1.29. The number of aliphatic hydroxyl groups is 1. The van der Waals surface area contributed by atoms with Gasteiger partial charge >= 0.3 is 0 Å². The first-order valence-electron chi connectivity index (χ1n) is 6.00. The minimum absolute atomic E-state index is 0.310. The number of hydrogen-bond acceptors (Lipinski definition) is 3. The lowest BCUT2D eigenvalue weighted by Crippen LogP contribution is -2.36. The molecule has 0 saturated carbocycles. The Morgan fingerprint density at radius 1 is 1.41 bits per heavy atom. The topological polar surface area (TPSA) is 46.2 Å². The van der Waals surface area contributed by atoms with Crippen LogP contribution in [0.25, 0.3) is 0 Å². The van der Waals surface area contributed by atoms with E-state index < -0.39 is 5.60 Å². The fourth-order valence-electron chi connectivity index (χ4n) is 1.89. The van der Waals surface area contributed by atoms with E-state index in [1.54, 1.807) is 18.7 Å². The molecule has 0 aliphatic rings. The Labute approximate surface area is 109 Å². The molecule has 0 saturated heterocycles. The number of hydrogen-bond donors (Lipinski definition) is 2. The number of nitrogens with two attached hydrogens (primary N) is 1. The van der Waals surface area contributed by atoms with E-state index in [1.165, 1.54) is 16.0 Å². The highest BCUT2D eigenvalue weighted by atomic mass is 32.2. The highest BCUT2D eigenvalue weighted by molar-refractivity contribution is 8.00. The standard InChI is InChI=1S/C14H23NOS/c1-10-5-6-13(11(2)7-10)17-12(3)8-14(4,16)9-15/h5-7,12,16H,8-9,15H2,1-4H3. The van der Waals surface area contributed by atoms with Crippen molar-refractivity contribution >= 4 is 11.8 Å². The molecule has 0 aliphatic heterocycles. The molecule has 0 amide bonds. The summed E-state index contributed by atoms with van der Waals surface area (Å²) in [7, 11) is 0. The van der Waals surface area contributed by atoms with Crippen LogP contribution < -0.4 is 5.73 Å². The monoisotopic (exact) mass is 253 g/mol. The van der Waals surface area contributed by atoms with Crippen molar-refractivity contribution in [3.63, 3.8) is 0 Å². The molecule has 1 rings (SSSR count). The number of thioether (sulfide) groups is 1. The van der Waals surface area contributed by atoms with Gasteiger partial charge in [0.15, 0.2) is 0 Å². The van der Waals surface area contributed by atoms with E-state index in [-0.39, 0.29) is 0 Å². The Balaban J connectivity index is 2.65. The Morgan fingerprint density at radius 2 is 2.06 bits per heavy atom. The van der Waals surface area contributed by atoms with E-state index >= 15 is 0 Å². The zero-order valence-corrected chi connectivity index (χ0v) is 12.0. The average molecular weight is 253 g/mol. The molecule has 0 bridgehead atoms. The highest BCUT2D eigenvalue weighted by Gasteiger charge is 2.22. The van der Waals surface area contributed by atoms with E-state index in [0.717, 1.165) is 0 Å². The van der Waals surface area contributed by atoms with Crippen molar-refractivity contribution in [2.24, 2.45) is 5.73 Å². The third-order valence-corrected chi connectivity index (χ3v) is 4.11. The predicted octanol–water partition coefficient (Wildman–Crippen LogP) is 2.88. The van der Waals surface area contributed by atoms with Crippen molar-refractivity contribution in [1.82, 2.24) is 0 Å². The van der Waals surface area contributed by atoms with Crippen molar-refractivity contribution < 1.29 is 5.11 Å². The molecule has 2 atom stereocenters. The Morgan fingerprint density at radius 3 is 2.59 bits per heavy atom. The molecule has 0 spiro atoms. The lowest BCUT2D eigenvalue weighted by molar-refractivity contribution is 0.0608. The second-order valence-corrected chi connectivity index (χ2v) is 6.58. The van der Waals surface area contributed by atoms with Crippen molar-refractivity contribution in [3.05, 3.63) is 29.3 Å². The van der Waals surface area contributed by atoms with Gasteiger partial charge < -0.3 is 10.8 Å². The third kappa shape index (κ3) is 4.70. The number of aryl methyl sites for hydroxylation is 2. The van der Waals surface area contributed by atoms with Crippen LogP contribution in [-0.2, 0) is 0 Å². The first-order valence-corrected chi connectivity index (χ1v) is 6.88. The summed E-state index contributed by atoms with van der Waals surface area (Å²) in [5.74, 6) is 0. The van der Waals surface area contributed by atoms with Crippen LogP contribution in [0.2, 0.25) is 0 Å². The van der Waals surface area contributed by atoms with E-state index in [9.17, 15) is 5.11 Å². The fourth-order valence-corrected chi connectivity index (χ4v) is 3.16. The summed E-state index contributed by atoms with van der Waals surface area (Å²) < 4.78 is 0. The molecule has 0 heterocycles. The molecule has 0 aliphatic carbocycles. The van der Waals surface area contributed by atoms with Crippen LogP contribution in [0.1, 0.15) is 31.4 Å². The van der Waals surface area contributed by atoms with Crippen molar-refractivity contribution in [1.29, 1.82) is 0 Å². The molecular formula is C14H23NOS. The first kappa shape index (κ1) is 14.6. The van der Waals surface area contributed by atoms with Gasteiger partial charge in [-0.2, -0.15) is 0 Å². The number of benzene rings is 1. The maximum absolute atomic E-state index is 9.95. The SMILES string of the molecule is Cc1ccc(SC(C)CC(C)(O)CN)c(C)c1. The molecule has 3 heteroatoms. The molecule has 96 valence electrons. The van der Waals surface area contributed by atoms with Crippen LogP contribution in [0.15, 0.2) is 23.1 Å². The molecule has 1 aromatic carbocycles. The lowest BCUT2D eigenvalue weighted by atomic mass is 10.0. The largest absolute Gasteiger partial charge is 0.389 e. The van der Waals surface area contributed by atoms with Gasteiger partial charge in [-0.05, 0) is 38.8 Å². The Kier molecular flexibility index (Phi) is 5.04. The Hall–Kier alpha value is -0.510. The summed E-state index contributed by atoms with van der Waals surface area (Å²) in [5, 5.41) is 10.3. The summed E-state index contributed by atoms with van der Waals surface area (Å²) >= 11 is 1.81. The zero-order valence-electron chi connectivity index (χ0n) is 11.2. The molecule has 17 heavy (non-hydrogen) atoms. The van der Waals surface area contributed by atoms with Gasteiger partial charge in [-0.25, -0.2) is 0 Å². The summed E-state index contributed by atoms with van der Waals surface area (Å²) in [6, 6.07) is 6.47. The van der Waals surface area contributed by atoms with Gasteiger partial charge in [0.2, 0.25) is 0 Å². The van der Waals surface area contributed by atoms with Gasteiger partial charge in [-0.15, -0.1) is 11.8 Å². The van der Waals surface area contributed by atoms with E-state index in [1.807, 2.05) is 0 Å². The minimum Gasteiger partial charge on any atom is -0.389 e. The molecule has 0 radical (unpaired) electrons. The first-order chi connectivity index (χ1) is 7.84. The van der Waals surface area contributed by atoms with Crippen LogP contribution >= 0.6 is 11.8 Å². The molecular weight excluding hydrogens is 230 g/mol. The summed E-state index contributed by atoms with van der Waals surface area (Å²) in [6.07, 6.45) is 0.710. The normalized spacial score (nSPS) is 16.6. The van der Waals surface area contributed by atoms with Gasteiger partial charge in [0, 0.05) is 16.7 Å². The van der Waals surface area contributed by atoms with E-state index in [0.29, 0.717) is 18.2 Å². The van der Waals surface area contributed by atoms with Crippen molar-refractivity contribution in [2.45, 2.75) is 49.9 Å². The fraction of sp³-hybridized carbons (Fsp3) is 0.571. The van der Waals surface area contributed by atoms with Gasteiger partial charge in [-0.1, -0.05) is 24.6 Å². The average Bonchev–Trinajstić information content (AvgIpc) is 2.21. The molecule has 0 aromatic heterocycles. The third-order valence-electron chi connectivity index (χ3n) is 2.83. The van der Waals surface area contributed by atoms with Crippen LogP contribution in [-0.4, -0.2) is 22.5 Å². The van der Waals surface area contributed by atoms with E-state index in [4.69, 9.17) is 5.73 Å². The quantitative estimate of drug-likeness (QED) is 0.793. The van der Waals surface area contributed by atoms with Crippen LogP contribution in [0.4, 0.5) is 0 Å². The smallest absolute Gasteiger partial charge is 0.0752 e. The van der Waals surface area contributed by atoms with Gasteiger partial charge in [0.1, 0.15) is 0 Å². The number of rotatable bonds is 5. The molecule has 3 N–H and O–H groups in total. The van der Waals surface area contributed by atoms with Gasteiger partial charge in [-0.3, -0.25) is 0 Å².